The van der Waals surface area contributed by atoms with Crippen molar-refractivity contribution in [2.24, 2.45) is 5.73 Å². The first-order valence-electron chi connectivity index (χ1n) is 5.38. The Morgan fingerprint density at radius 1 is 1.43 bits per heavy atom. The monoisotopic (exact) mass is 196 g/mol. The number of carbonyl (C=O) groups excluding carboxylic acids is 1. The van der Waals surface area contributed by atoms with Gasteiger partial charge in [-0.2, -0.15) is 0 Å². The Bertz CT molecular complexity index is 195. The summed E-state index contributed by atoms with van der Waals surface area (Å²) < 4.78 is 0. The molecule has 1 fully saturated rings. The molecule has 0 atom stereocenters. The zero-order chi connectivity index (χ0) is 10.4. The molecule has 14 heavy (non-hydrogen) atoms. The van der Waals surface area contributed by atoms with Crippen LogP contribution in [-0.2, 0) is 4.79 Å². The first kappa shape index (κ1) is 11.2. The summed E-state index contributed by atoms with van der Waals surface area (Å²) in [6, 6.07) is 0.698. The first-order valence-corrected chi connectivity index (χ1v) is 5.38. The SMILES string of the molecule is C=CCCC(=O)NC1CCC(N)CC1. The third-order valence-electron chi connectivity index (χ3n) is 2.71. The van der Waals surface area contributed by atoms with Crippen molar-refractivity contribution < 1.29 is 4.79 Å². The van der Waals surface area contributed by atoms with Gasteiger partial charge in [-0.05, 0) is 32.1 Å². The molecule has 80 valence electrons. The van der Waals surface area contributed by atoms with E-state index in [0.717, 1.165) is 32.1 Å². The molecule has 0 unspecified atom stereocenters. The van der Waals surface area contributed by atoms with Crippen molar-refractivity contribution in [2.75, 3.05) is 0 Å². The Hall–Kier alpha value is -0.830. The molecule has 1 aliphatic rings. The minimum absolute atomic E-state index is 0.144. The summed E-state index contributed by atoms with van der Waals surface area (Å²) >= 11 is 0. The van der Waals surface area contributed by atoms with Gasteiger partial charge in [-0.25, -0.2) is 0 Å². The lowest BCUT2D eigenvalue weighted by Gasteiger charge is -2.26. The maximum Gasteiger partial charge on any atom is 0.220 e. The van der Waals surface area contributed by atoms with Crippen molar-refractivity contribution in [3.63, 3.8) is 0 Å². The zero-order valence-corrected chi connectivity index (χ0v) is 8.67. The van der Waals surface area contributed by atoms with Crippen molar-refractivity contribution in [3.8, 4) is 0 Å². The van der Waals surface area contributed by atoms with Crippen LogP contribution in [0.1, 0.15) is 38.5 Å². The van der Waals surface area contributed by atoms with E-state index in [1.165, 1.54) is 0 Å². The first-order chi connectivity index (χ1) is 6.72. The molecule has 3 N–H and O–H groups in total. The van der Waals surface area contributed by atoms with Crippen LogP contribution in [0.4, 0.5) is 0 Å². The average Bonchev–Trinajstić information content (AvgIpc) is 2.18. The molecule has 0 bridgehead atoms. The predicted molar refractivity (Wildman–Crippen MR) is 57.8 cm³/mol. The van der Waals surface area contributed by atoms with Crippen LogP contribution in [0.5, 0.6) is 0 Å². The maximum atomic E-state index is 11.4. The van der Waals surface area contributed by atoms with Gasteiger partial charge in [0.2, 0.25) is 5.91 Å². The topological polar surface area (TPSA) is 55.1 Å². The number of nitrogens with two attached hydrogens (primary N) is 1. The quantitative estimate of drug-likeness (QED) is 0.667. The summed E-state index contributed by atoms with van der Waals surface area (Å²) in [5.41, 5.74) is 5.78. The van der Waals surface area contributed by atoms with Gasteiger partial charge in [0.1, 0.15) is 0 Å². The number of amides is 1. The van der Waals surface area contributed by atoms with Crippen LogP contribution in [0, 0.1) is 0 Å². The Labute approximate surface area is 85.7 Å². The van der Waals surface area contributed by atoms with Crippen LogP contribution >= 0.6 is 0 Å². The van der Waals surface area contributed by atoms with Gasteiger partial charge in [0.15, 0.2) is 0 Å². The van der Waals surface area contributed by atoms with E-state index in [9.17, 15) is 4.79 Å². The highest BCUT2D eigenvalue weighted by Crippen LogP contribution is 2.16. The number of rotatable bonds is 4. The van der Waals surface area contributed by atoms with Crippen molar-refractivity contribution in [1.82, 2.24) is 5.32 Å². The summed E-state index contributed by atoms with van der Waals surface area (Å²) in [6.07, 6.45) is 7.22. The second-order valence-electron chi connectivity index (χ2n) is 4.01. The van der Waals surface area contributed by atoms with Crippen molar-refractivity contribution in [2.45, 2.75) is 50.6 Å². The maximum absolute atomic E-state index is 11.4. The Morgan fingerprint density at radius 3 is 2.64 bits per heavy atom. The molecule has 0 spiro atoms. The van der Waals surface area contributed by atoms with E-state index in [2.05, 4.69) is 11.9 Å². The smallest absolute Gasteiger partial charge is 0.220 e. The molecular weight excluding hydrogens is 176 g/mol. The molecule has 0 aromatic heterocycles. The third-order valence-corrected chi connectivity index (χ3v) is 2.71. The van der Waals surface area contributed by atoms with Gasteiger partial charge in [0, 0.05) is 18.5 Å². The molecule has 1 aliphatic carbocycles. The average molecular weight is 196 g/mol. The molecule has 0 aliphatic heterocycles. The minimum Gasteiger partial charge on any atom is -0.353 e. The van der Waals surface area contributed by atoms with E-state index in [1.807, 2.05) is 0 Å². The second kappa shape index (κ2) is 5.81. The Morgan fingerprint density at radius 2 is 2.07 bits per heavy atom. The van der Waals surface area contributed by atoms with Gasteiger partial charge in [-0.3, -0.25) is 4.79 Å². The van der Waals surface area contributed by atoms with Gasteiger partial charge >= 0.3 is 0 Å². The highest BCUT2D eigenvalue weighted by Gasteiger charge is 2.19. The molecule has 1 rings (SSSR count). The standard InChI is InChI=1S/C11H20N2O/c1-2-3-4-11(14)13-10-7-5-9(12)6-8-10/h2,9-10H,1,3-8,12H2,(H,13,14). The summed E-state index contributed by atoms with van der Waals surface area (Å²) in [5, 5.41) is 3.03. The highest BCUT2D eigenvalue weighted by molar-refractivity contribution is 5.76. The third kappa shape index (κ3) is 3.92. The lowest BCUT2D eigenvalue weighted by Crippen LogP contribution is -2.40. The summed E-state index contributed by atoms with van der Waals surface area (Å²) in [7, 11) is 0. The largest absolute Gasteiger partial charge is 0.353 e. The van der Waals surface area contributed by atoms with Crippen LogP contribution in [0.3, 0.4) is 0 Å². The molecule has 1 amide bonds. The fourth-order valence-electron chi connectivity index (χ4n) is 1.80. The van der Waals surface area contributed by atoms with Gasteiger partial charge in [-0.1, -0.05) is 6.08 Å². The molecule has 3 nitrogen and oxygen atoms in total. The van der Waals surface area contributed by atoms with Crippen molar-refractivity contribution in [3.05, 3.63) is 12.7 Å². The normalized spacial score (nSPS) is 26.9. The number of hydrogen-bond donors (Lipinski definition) is 2. The van der Waals surface area contributed by atoms with Crippen molar-refractivity contribution >= 4 is 5.91 Å². The number of allylic oxidation sites excluding steroid dienone is 1. The van der Waals surface area contributed by atoms with E-state index < -0.39 is 0 Å². The summed E-state index contributed by atoms with van der Waals surface area (Å²) in [5.74, 6) is 0.144. The Balaban J connectivity index is 2.17. The van der Waals surface area contributed by atoms with E-state index in [0.29, 0.717) is 18.5 Å². The number of carbonyl (C=O) groups is 1. The summed E-state index contributed by atoms with van der Waals surface area (Å²) in [4.78, 5) is 11.4. The van der Waals surface area contributed by atoms with E-state index in [4.69, 9.17) is 5.73 Å². The van der Waals surface area contributed by atoms with E-state index >= 15 is 0 Å². The molecule has 1 saturated carbocycles. The zero-order valence-electron chi connectivity index (χ0n) is 8.67. The highest BCUT2D eigenvalue weighted by atomic mass is 16.1. The lowest BCUT2D eigenvalue weighted by molar-refractivity contribution is -0.121. The number of nitrogens with one attached hydrogen (secondary N) is 1. The van der Waals surface area contributed by atoms with Crippen molar-refractivity contribution in [1.29, 1.82) is 0 Å². The molecule has 0 heterocycles. The van der Waals surface area contributed by atoms with Crippen LogP contribution in [-0.4, -0.2) is 18.0 Å². The number of hydrogen-bond acceptors (Lipinski definition) is 2. The molecule has 0 aromatic rings. The minimum atomic E-state index is 0.144. The molecule has 0 saturated heterocycles. The fourth-order valence-corrected chi connectivity index (χ4v) is 1.80. The van der Waals surface area contributed by atoms with E-state index in [-0.39, 0.29) is 5.91 Å². The Kier molecular flexibility index (Phi) is 4.66. The van der Waals surface area contributed by atoms with E-state index in [1.54, 1.807) is 6.08 Å². The van der Waals surface area contributed by atoms with Gasteiger partial charge in [0.25, 0.3) is 0 Å². The van der Waals surface area contributed by atoms with Crippen LogP contribution in [0.15, 0.2) is 12.7 Å². The van der Waals surface area contributed by atoms with Crippen LogP contribution < -0.4 is 11.1 Å². The van der Waals surface area contributed by atoms with Gasteiger partial charge < -0.3 is 11.1 Å². The molecule has 3 heteroatoms. The fraction of sp³-hybridized carbons (Fsp3) is 0.727. The molecular formula is C11H20N2O. The molecule has 0 aromatic carbocycles. The van der Waals surface area contributed by atoms with Crippen LogP contribution in [0.25, 0.3) is 0 Å². The molecule has 0 radical (unpaired) electrons. The van der Waals surface area contributed by atoms with Gasteiger partial charge in [0.05, 0.1) is 0 Å². The lowest BCUT2D eigenvalue weighted by atomic mass is 9.92. The van der Waals surface area contributed by atoms with Gasteiger partial charge in [-0.15, -0.1) is 6.58 Å². The predicted octanol–water partition coefficient (Wildman–Crippen LogP) is 1.34. The second-order valence-corrected chi connectivity index (χ2v) is 4.01. The van der Waals surface area contributed by atoms with Crippen LogP contribution in [0.2, 0.25) is 0 Å². The summed E-state index contributed by atoms with van der Waals surface area (Å²) in [6.45, 7) is 3.59.